The lowest BCUT2D eigenvalue weighted by Gasteiger charge is -2.29. The van der Waals surface area contributed by atoms with Crippen LogP contribution >= 0.6 is 11.6 Å². The third-order valence-corrected chi connectivity index (χ3v) is 14.9. The summed E-state index contributed by atoms with van der Waals surface area (Å²) in [6.45, 7) is 9.81. The Morgan fingerprint density at radius 1 is 0.528 bits per heavy atom. The van der Waals surface area contributed by atoms with E-state index >= 15 is 0 Å². The molecule has 4 rings (SSSR count). The zero-order valence-electron chi connectivity index (χ0n) is 51.8. The number of halogens is 1. The monoisotopic (exact) mass is 1260 g/mol. The molecule has 8 atom stereocenters. The minimum Gasteiger partial charge on any atom is -0.481 e. The predicted octanol–water partition coefficient (Wildman–Crippen LogP) is 5.10. The van der Waals surface area contributed by atoms with Crippen LogP contribution in [0.3, 0.4) is 0 Å². The molecule has 1 saturated carbocycles. The maximum Gasteiger partial charge on any atom is 0.407 e. The summed E-state index contributed by atoms with van der Waals surface area (Å²) >= 11 is 6.20. The maximum atomic E-state index is 14.6. The summed E-state index contributed by atoms with van der Waals surface area (Å²) in [4.78, 5) is 150. The molecule has 1 fully saturated rings. The summed E-state index contributed by atoms with van der Waals surface area (Å²) in [5, 5.41) is 31.2. The lowest BCUT2D eigenvalue weighted by atomic mass is 9.98. The van der Waals surface area contributed by atoms with E-state index in [4.69, 9.17) is 31.5 Å². The number of carboxylic acids is 1. The molecule has 1 aliphatic rings. The Morgan fingerprint density at radius 2 is 1.02 bits per heavy atom. The van der Waals surface area contributed by atoms with Crippen LogP contribution in [0, 0.1) is 11.8 Å². The molecule has 0 heterocycles. The van der Waals surface area contributed by atoms with Crippen molar-refractivity contribution in [2.24, 2.45) is 17.6 Å². The minimum absolute atomic E-state index is 0.0189. The number of benzene rings is 3. The second-order valence-corrected chi connectivity index (χ2v) is 23.6. The van der Waals surface area contributed by atoms with Gasteiger partial charge in [-0.1, -0.05) is 125 Å². The number of carbonyl (C=O) groups is 11. The number of carbonyl (C=O) groups excluding carboxylic acids is 10. The minimum atomic E-state index is -1.47. The van der Waals surface area contributed by atoms with Crippen LogP contribution in [0.2, 0.25) is 5.02 Å². The van der Waals surface area contributed by atoms with Crippen molar-refractivity contribution in [3.05, 3.63) is 107 Å². The van der Waals surface area contributed by atoms with E-state index in [0.29, 0.717) is 34.6 Å². The van der Waals surface area contributed by atoms with Gasteiger partial charge in [-0.25, -0.2) is 9.59 Å². The number of amides is 8. The fraction of sp³-hybridized carbons (Fsp3) is 0.547. The largest absolute Gasteiger partial charge is 0.481 e. The molecule has 8 amide bonds. The quantitative estimate of drug-likeness (QED) is 0.0204. The molecule has 25 heteroatoms. The van der Waals surface area contributed by atoms with Crippen LogP contribution in [0.4, 0.5) is 4.79 Å². The lowest BCUT2D eigenvalue weighted by molar-refractivity contribution is -0.151. The average molecular weight is 1260 g/mol. The number of hydrogen-bond acceptors (Lipinski definition) is 15. The number of nitrogens with one attached hydrogen (secondary N) is 8. The van der Waals surface area contributed by atoms with Crippen molar-refractivity contribution >= 4 is 77.0 Å². The van der Waals surface area contributed by atoms with Gasteiger partial charge in [0.2, 0.25) is 41.4 Å². The Morgan fingerprint density at radius 3 is 1.60 bits per heavy atom. The summed E-state index contributed by atoms with van der Waals surface area (Å²) < 4.78 is 16.5. The molecule has 0 radical (unpaired) electrons. The van der Waals surface area contributed by atoms with E-state index in [2.05, 4.69) is 42.5 Å². The molecule has 0 aromatic heterocycles. The number of aliphatic carboxylic acids is 1. The fourth-order valence-corrected chi connectivity index (χ4v) is 9.77. The van der Waals surface area contributed by atoms with Crippen molar-refractivity contribution in [1.29, 1.82) is 0 Å². The van der Waals surface area contributed by atoms with E-state index < -0.39 is 120 Å². The molecule has 89 heavy (non-hydrogen) atoms. The van der Waals surface area contributed by atoms with Gasteiger partial charge in [-0.05, 0) is 114 Å². The highest BCUT2D eigenvalue weighted by Gasteiger charge is 2.35. The molecule has 488 valence electrons. The first-order chi connectivity index (χ1) is 42.4. The first-order valence-electron chi connectivity index (χ1n) is 30.6. The molecule has 0 unspecified atom stereocenters. The summed E-state index contributed by atoms with van der Waals surface area (Å²) in [5.74, 6) is -8.82. The van der Waals surface area contributed by atoms with Crippen molar-refractivity contribution in [1.82, 2.24) is 42.5 Å². The van der Waals surface area contributed by atoms with Crippen LogP contribution in [0.1, 0.15) is 148 Å². The highest BCUT2D eigenvalue weighted by Crippen LogP contribution is 2.22. The van der Waals surface area contributed by atoms with Crippen LogP contribution in [0.5, 0.6) is 0 Å². The topological polar surface area (TPSA) is 358 Å². The predicted molar refractivity (Wildman–Crippen MR) is 331 cm³/mol. The Balaban J connectivity index is 1.56. The molecule has 11 N–H and O–H groups in total. The third-order valence-electron chi connectivity index (χ3n) is 14.5. The maximum absolute atomic E-state index is 14.6. The normalized spacial score (nSPS) is 15.0. The van der Waals surface area contributed by atoms with Crippen LogP contribution in [-0.2, 0) is 81.8 Å². The van der Waals surface area contributed by atoms with Gasteiger partial charge in [-0.2, -0.15) is 0 Å². The van der Waals surface area contributed by atoms with Gasteiger partial charge in [0.25, 0.3) is 0 Å². The summed E-state index contributed by atoms with van der Waals surface area (Å²) in [6.07, 6.45) is 2.11. The number of nitrogens with two attached hydrogens (primary N) is 1. The molecule has 0 saturated heterocycles. The van der Waals surface area contributed by atoms with Crippen molar-refractivity contribution in [2.45, 2.75) is 206 Å². The zero-order chi connectivity index (χ0) is 65.4. The molecular weight excluding hydrogens is 1170 g/mol. The van der Waals surface area contributed by atoms with Crippen molar-refractivity contribution in [3.63, 3.8) is 0 Å². The van der Waals surface area contributed by atoms with Crippen LogP contribution < -0.4 is 48.3 Å². The molecule has 0 bridgehead atoms. The fourth-order valence-electron chi connectivity index (χ4n) is 9.58. The van der Waals surface area contributed by atoms with Crippen molar-refractivity contribution < 1.29 is 72.1 Å². The lowest BCUT2D eigenvalue weighted by Crippen LogP contribution is -2.60. The van der Waals surface area contributed by atoms with E-state index in [0.717, 1.165) is 19.3 Å². The van der Waals surface area contributed by atoms with E-state index in [9.17, 15) is 57.8 Å². The second kappa shape index (κ2) is 39.0. The van der Waals surface area contributed by atoms with Gasteiger partial charge in [0.15, 0.2) is 0 Å². The summed E-state index contributed by atoms with van der Waals surface area (Å²) in [7, 11) is 0. The van der Waals surface area contributed by atoms with Crippen LogP contribution in [-0.4, -0.2) is 131 Å². The number of rotatable bonds is 37. The third kappa shape index (κ3) is 28.3. The van der Waals surface area contributed by atoms with Gasteiger partial charge in [0.1, 0.15) is 61.6 Å². The van der Waals surface area contributed by atoms with Gasteiger partial charge in [0, 0.05) is 36.4 Å². The summed E-state index contributed by atoms with van der Waals surface area (Å²) in [5.41, 5.74) is 7.73. The summed E-state index contributed by atoms with van der Waals surface area (Å²) in [6, 6.07) is 13.9. The van der Waals surface area contributed by atoms with Crippen LogP contribution in [0.15, 0.2) is 84.9 Å². The van der Waals surface area contributed by atoms with Gasteiger partial charge < -0.3 is 67.6 Å². The molecule has 0 spiro atoms. The molecule has 3 aromatic rings. The molecular formula is C64H90ClN9O15. The van der Waals surface area contributed by atoms with Crippen LogP contribution in [0.25, 0.3) is 0 Å². The smallest absolute Gasteiger partial charge is 0.407 e. The SMILES string of the molecule is CC(C)C[C@H](NC(=O)[C@H](CCC(=O)OC1CCCCC1)NC(=O)[C@H](C)NC(=O)[C@H](Cc1ccccc1)NC(=O)[C@H](C)N)C(=O)N[C@@H](CC(C)C)C(=O)N[C@@H](CCCCNC(=O)OCc1ccccc1Cl)C(=O)N[C@@H](CCC(=O)O)C(=O)OCc1ccccc1. The average Bonchev–Trinajstić information content (AvgIpc) is 3.53. The van der Waals surface area contributed by atoms with E-state index in [1.54, 1.807) is 113 Å². The first-order valence-corrected chi connectivity index (χ1v) is 30.9. The molecule has 24 nitrogen and oxygen atoms in total. The van der Waals surface area contributed by atoms with Gasteiger partial charge >= 0.3 is 24.0 Å². The highest BCUT2D eigenvalue weighted by molar-refractivity contribution is 6.31. The van der Waals surface area contributed by atoms with Gasteiger partial charge in [-0.15, -0.1) is 0 Å². The molecule has 3 aromatic carbocycles. The Kier molecular flexibility index (Phi) is 32.1. The number of ether oxygens (including phenoxy) is 3. The number of alkyl carbamates (subject to hydrolysis) is 1. The number of hydrogen-bond donors (Lipinski definition) is 10. The molecule has 0 aliphatic heterocycles. The zero-order valence-corrected chi connectivity index (χ0v) is 52.5. The van der Waals surface area contributed by atoms with E-state index in [1.165, 1.54) is 13.8 Å². The van der Waals surface area contributed by atoms with Crippen molar-refractivity contribution in [2.75, 3.05) is 6.54 Å². The van der Waals surface area contributed by atoms with Gasteiger partial charge in [0.05, 0.1) is 6.04 Å². The number of esters is 2. The Labute approximate surface area is 525 Å². The van der Waals surface area contributed by atoms with Crippen molar-refractivity contribution in [3.8, 4) is 0 Å². The van der Waals surface area contributed by atoms with Gasteiger partial charge in [-0.3, -0.25) is 43.2 Å². The Hall–Kier alpha value is -8.12. The van der Waals surface area contributed by atoms with E-state index in [1.807, 2.05) is 0 Å². The number of unbranched alkanes of at least 4 members (excludes halogenated alkanes) is 1. The molecule has 1 aliphatic carbocycles. The Bertz CT molecular complexity index is 2800. The number of carboxylic acid groups (broad SMARTS) is 1. The first kappa shape index (κ1) is 73.4. The van der Waals surface area contributed by atoms with E-state index in [-0.39, 0.29) is 95.5 Å². The highest BCUT2D eigenvalue weighted by atomic mass is 35.5. The second-order valence-electron chi connectivity index (χ2n) is 23.2. The standard InChI is InChI=1S/C64H90ClN9O15/c1-39(2)34-51(61(83)70-48(28-18-19-33-67-64(86)88-38-45-24-16-17-27-47(45)65)58(80)71-50(29-31-54(75)76)63(85)87-37-44-22-12-8-13-23-44)74-62(84)52(35-40(3)4)73-59(81)49(30-32-55(77)89-46-25-14-9-15-26-46)69-57(79)42(6)68-60(82)53(72-56(78)41(5)66)36-43-20-10-7-11-21-43/h7-8,10-13,16-17,20-24,27,39-42,46,48-53H,9,14-15,18-19,25-26,28-38,66H2,1-6H3,(H,67,86)(H,68,82)(H,69,79)(H,70,83)(H,71,80)(H,72,78)(H,73,81)(H,74,84)(H,75,76)/t41-,42-,48-,49-,50-,51-,52-,53-/m0/s1.